The fourth-order valence-corrected chi connectivity index (χ4v) is 3.16. The summed E-state index contributed by atoms with van der Waals surface area (Å²) in [6, 6.07) is 18.9. The highest BCUT2D eigenvalue weighted by Gasteiger charge is 2.38. The van der Waals surface area contributed by atoms with Crippen molar-refractivity contribution >= 4 is 23.2 Å². The Kier molecular flexibility index (Phi) is 4.14. The van der Waals surface area contributed by atoms with Gasteiger partial charge in [-0.25, -0.2) is 5.01 Å². The molecule has 0 fully saturated rings. The average Bonchev–Trinajstić information content (AvgIpc) is 2.67. The van der Waals surface area contributed by atoms with Crippen LogP contribution in [0, 0.1) is 0 Å². The molecule has 0 spiro atoms. The van der Waals surface area contributed by atoms with E-state index in [1.165, 1.54) is 5.01 Å². The number of para-hydroxylation sites is 1. The van der Waals surface area contributed by atoms with Crippen LogP contribution in [-0.2, 0) is 11.2 Å². The van der Waals surface area contributed by atoms with Crippen LogP contribution in [0.15, 0.2) is 95.2 Å². The summed E-state index contributed by atoms with van der Waals surface area (Å²) in [5.74, 6) is 0.0664. The summed E-state index contributed by atoms with van der Waals surface area (Å²) in [6.45, 7) is 0. The quantitative estimate of drug-likeness (QED) is 0.813. The van der Waals surface area contributed by atoms with Crippen molar-refractivity contribution in [3.63, 3.8) is 0 Å². The molecule has 0 unspecified atom stereocenters. The molecule has 4 rings (SSSR count). The number of hydrogen-bond acceptors (Lipinski definition) is 4. The highest BCUT2D eigenvalue weighted by molar-refractivity contribution is 6.29. The summed E-state index contributed by atoms with van der Waals surface area (Å²) in [4.78, 5) is 14.6. The number of anilines is 1. The van der Waals surface area contributed by atoms with Crippen LogP contribution in [0.4, 0.5) is 5.69 Å². The number of nitrogens with zero attached hydrogens (tertiary/aromatic N) is 2. The number of benzene rings is 2. The van der Waals surface area contributed by atoms with Crippen molar-refractivity contribution < 1.29 is 9.90 Å². The summed E-state index contributed by atoms with van der Waals surface area (Å²) in [5, 5.41) is 12.6. The topological polar surface area (TPSA) is 55.8 Å². The molecule has 0 saturated heterocycles. The molecule has 6 heteroatoms. The molecule has 0 atom stereocenters. The molecule has 1 amide bonds. The van der Waals surface area contributed by atoms with Crippen LogP contribution in [0.1, 0.15) is 5.56 Å². The van der Waals surface area contributed by atoms with Crippen LogP contribution in [0.3, 0.4) is 0 Å². The number of nitrogens with one attached hydrogen (secondary N) is 1. The van der Waals surface area contributed by atoms with Crippen LogP contribution in [0.25, 0.3) is 0 Å². The molecule has 0 bridgehead atoms. The van der Waals surface area contributed by atoms with E-state index in [0.29, 0.717) is 17.4 Å². The van der Waals surface area contributed by atoms with E-state index in [4.69, 9.17) is 11.6 Å². The van der Waals surface area contributed by atoms with E-state index in [1.807, 2.05) is 60.7 Å². The van der Waals surface area contributed by atoms with Crippen LogP contribution in [0.5, 0.6) is 0 Å². The van der Waals surface area contributed by atoms with Crippen LogP contribution >= 0.6 is 11.6 Å². The fraction of sp³-hybridized carbons (Fsp3) is 0.0500. The van der Waals surface area contributed by atoms with Gasteiger partial charge in [-0.2, -0.15) is 0 Å². The summed E-state index contributed by atoms with van der Waals surface area (Å²) < 4.78 is 0. The molecule has 0 radical (unpaired) electrons. The van der Waals surface area contributed by atoms with Crippen molar-refractivity contribution in [3.05, 3.63) is 101 Å². The molecule has 2 N–H and O–H groups in total. The third-order valence-electron chi connectivity index (χ3n) is 4.24. The summed E-state index contributed by atoms with van der Waals surface area (Å²) in [6.07, 6.45) is 3.65. The largest absolute Gasteiger partial charge is 0.494 e. The third kappa shape index (κ3) is 2.82. The normalized spacial score (nSPS) is 16.7. The lowest BCUT2D eigenvalue weighted by Gasteiger charge is -2.40. The van der Waals surface area contributed by atoms with E-state index < -0.39 is 0 Å². The van der Waals surface area contributed by atoms with Gasteiger partial charge in [0.25, 0.3) is 5.91 Å². The highest BCUT2D eigenvalue weighted by Crippen LogP contribution is 2.34. The number of aliphatic hydroxyl groups excluding tert-OH is 1. The molecule has 130 valence electrons. The summed E-state index contributed by atoms with van der Waals surface area (Å²) in [7, 11) is 0. The second-order valence-corrected chi connectivity index (χ2v) is 6.33. The molecule has 0 aromatic heterocycles. The Morgan fingerprint density at radius 2 is 1.62 bits per heavy atom. The predicted octanol–water partition coefficient (Wildman–Crippen LogP) is 3.79. The Morgan fingerprint density at radius 3 is 2.31 bits per heavy atom. The number of hydrazine groups is 1. The van der Waals surface area contributed by atoms with Gasteiger partial charge in [-0.05, 0) is 29.8 Å². The predicted molar refractivity (Wildman–Crippen MR) is 101 cm³/mol. The zero-order valence-electron chi connectivity index (χ0n) is 13.8. The number of carbonyl (C=O) groups excluding carboxylic acids is 1. The first-order valence-electron chi connectivity index (χ1n) is 8.15. The van der Waals surface area contributed by atoms with E-state index in [-0.39, 0.29) is 17.4 Å². The van der Waals surface area contributed by atoms with E-state index in [0.717, 1.165) is 11.3 Å². The number of fused-ring (bicyclic) bond motifs is 1. The number of carbonyl (C=O) groups is 1. The Labute approximate surface area is 156 Å². The maximum absolute atomic E-state index is 13.0. The molecule has 0 saturated carbocycles. The number of aliphatic hydroxyl groups is 1. The Balaban J connectivity index is 1.84. The minimum atomic E-state index is -0.337. The zero-order chi connectivity index (χ0) is 18.1. The van der Waals surface area contributed by atoms with Gasteiger partial charge in [-0.1, -0.05) is 60.1 Å². The first-order chi connectivity index (χ1) is 12.6. The summed E-state index contributed by atoms with van der Waals surface area (Å²) in [5.41, 5.74) is 4.82. The average molecular weight is 366 g/mol. The number of allylic oxidation sites excluding steroid dienone is 2. The molecule has 5 nitrogen and oxygen atoms in total. The van der Waals surface area contributed by atoms with Crippen molar-refractivity contribution in [2.24, 2.45) is 0 Å². The number of rotatable bonds is 3. The van der Waals surface area contributed by atoms with Gasteiger partial charge in [0, 0.05) is 6.42 Å². The number of hydrogen-bond donors (Lipinski definition) is 2. The van der Waals surface area contributed by atoms with Crippen molar-refractivity contribution in [2.45, 2.75) is 6.42 Å². The van der Waals surface area contributed by atoms with Gasteiger partial charge >= 0.3 is 0 Å². The van der Waals surface area contributed by atoms with Crippen molar-refractivity contribution in [2.75, 3.05) is 4.90 Å². The molecular formula is C20H16ClN3O2. The highest BCUT2D eigenvalue weighted by atomic mass is 35.5. The fourth-order valence-electron chi connectivity index (χ4n) is 3.01. The second-order valence-electron chi connectivity index (χ2n) is 5.93. The van der Waals surface area contributed by atoms with Gasteiger partial charge in [0.15, 0.2) is 0 Å². The first kappa shape index (κ1) is 16.3. The Bertz CT molecular complexity index is 936. The molecule has 2 aromatic carbocycles. The first-order valence-corrected chi connectivity index (χ1v) is 8.53. The van der Waals surface area contributed by atoms with E-state index in [1.54, 1.807) is 17.1 Å². The van der Waals surface area contributed by atoms with Crippen LogP contribution in [0.2, 0.25) is 0 Å². The molecule has 2 aliphatic heterocycles. The van der Waals surface area contributed by atoms with E-state index >= 15 is 0 Å². The zero-order valence-corrected chi connectivity index (χ0v) is 14.5. The minimum absolute atomic E-state index is 0.0826. The van der Waals surface area contributed by atoms with Gasteiger partial charge in [-0.15, -0.1) is 0 Å². The van der Waals surface area contributed by atoms with E-state index in [2.05, 4.69) is 5.43 Å². The van der Waals surface area contributed by atoms with Gasteiger partial charge in [-0.3, -0.25) is 15.1 Å². The van der Waals surface area contributed by atoms with Gasteiger partial charge in [0.1, 0.15) is 11.0 Å². The number of amides is 1. The standard InChI is InChI=1S/C20H16ClN3O2/c21-17-11-12-18-23(15-9-5-2-6-10-15)19(25)16(20(26)24(18)22-17)13-14-7-3-1-4-8-14/h1-12,22,25H,13H2. The SMILES string of the molecule is O=C1C(Cc2ccccc2)=C(O)N(c2ccccc2)C2=CC=C(Cl)NN12. The number of halogens is 1. The molecule has 2 heterocycles. The molecule has 2 aromatic rings. The van der Waals surface area contributed by atoms with Gasteiger partial charge in [0.2, 0.25) is 5.88 Å². The van der Waals surface area contributed by atoms with Crippen LogP contribution in [-0.4, -0.2) is 16.0 Å². The summed E-state index contributed by atoms with van der Waals surface area (Å²) >= 11 is 6.05. The Hall–Kier alpha value is -3.18. The minimum Gasteiger partial charge on any atom is -0.494 e. The molecule has 0 aliphatic carbocycles. The smallest absolute Gasteiger partial charge is 0.279 e. The Morgan fingerprint density at radius 1 is 0.962 bits per heavy atom. The van der Waals surface area contributed by atoms with Crippen molar-refractivity contribution in [3.8, 4) is 0 Å². The molecule has 2 aliphatic rings. The maximum Gasteiger partial charge on any atom is 0.279 e. The second kappa shape index (κ2) is 6.61. The van der Waals surface area contributed by atoms with Gasteiger partial charge in [0.05, 0.1) is 11.3 Å². The lowest BCUT2D eigenvalue weighted by Crippen LogP contribution is -2.52. The van der Waals surface area contributed by atoms with E-state index in [9.17, 15) is 9.90 Å². The maximum atomic E-state index is 13.0. The van der Waals surface area contributed by atoms with Crippen molar-refractivity contribution in [1.29, 1.82) is 0 Å². The monoisotopic (exact) mass is 365 g/mol. The molecule has 26 heavy (non-hydrogen) atoms. The lowest BCUT2D eigenvalue weighted by molar-refractivity contribution is -0.128. The third-order valence-corrected chi connectivity index (χ3v) is 4.45. The van der Waals surface area contributed by atoms with Gasteiger partial charge < -0.3 is 5.11 Å². The molecular weight excluding hydrogens is 350 g/mol. The van der Waals surface area contributed by atoms with Crippen LogP contribution < -0.4 is 10.3 Å². The lowest BCUT2D eigenvalue weighted by atomic mass is 10.0. The van der Waals surface area contributed by atoms with Crippen molar-refractivity contribution in [1.82, 2.24) is 10.4 Å².